The number of carbonyl (C=O) groups excluding carboxylic acids is 1. The fraction of sp³-hybridized carbons (Fsp3) is 0.167. The minimum Gasteiger partial charge on any atom is -0.495 e. The van der Waals surface area contributed by atoms with Gasteiger partial charge < -0.3 is 10.1 Å². The Bertz CT molecular complexity index is 580. The maximum Gasteiger partial charge on any atom is 0.258 e. The van der Waals surface area contributed by atoms with E-state index in [-0.39, 0.29) is 5.91 Å². The first-order valence-electron chi connectivity index (χ1n) is 5.23. The van der Waals surface area contributed by atoms with Crippen molar-refractivity contribution in [2.75, 3.05) is 12.4 Å². The number of aryl methyl sites for hydroxylation is 1. The van der Waals surface area contributed by atoms with Gasteiger partial charge in [-0.25, -0.2) is 0 Å². The Morgan fingerprint density at radius 3 is 2.89 bits per heavy atom. The highest BCUT2D eigenvalue weighted by Crippen LogP contribution is 2.28. The summed E-state index contributed by atoms with van der Waals surface area (Å²) in [5.41, 5.74) is 1.11. The molecule has 0 spiro atoms. The van der Waals surface area contributed by atoms with Crippen LogP contribution in [0.3, 0.4) is 0 Å². The Kier molecular flexibility index (Phi) is 3.66. The van der Waals surface area contributed by atoms with Gasteiger partial charge in [0.1, 0.15) is 5.75 Å². The van der Waals surface area contributed by atoms with E-state index in [4.69, 9.17) is 4.74 Å². The first-order chi connectivity index (χ1) is 8.60. The third-order valence-electron chi connectivity index (χ3n) is 2.38. The van der Waals surface area contributed by atoms with Crippen molar-refractivity contribution in [3.8, 4) is 5.75 Å². The van der Waals surface area contributed by atoms with Gasteiger partial charge in [0.05, 0.1) is 24.6 Å². The summed E-state index contributed by atoms with van der Waals surface area (Å²) >= 11 is 3.35. The lowest BCUT2D eigenvalue weighted by atomic mass is 10.2. The van der Waals surface area contributed by atoms with Crippen molar-refractivity contribution in [3.63, 3.8) is 0 Å². The average Bonchev–Trinajstić information content (AvgIpc) is 2.76. The monoisotopic (exact) mass is 309 g/mol. The molecule has 1 N–H and O–H groups in total. The van der Waals surface area contributed by atoms with Crippen LogP contribution in [-0.2, 0) is 7.05 Å². The molecular weight excluding hydrogens is 298 g/mol. The molecule has 0 aliphatic rings. The number of rotatable bonds is 3. The number of amides is 1. The number of aromatic nitrogens is 2. The fourth-order valence-electron chi connectivity index (χ4n) is 1.51. The molecule has 2 rings (SSSR count). The predicted octanol–water partition coefficient (Wildman–Crippen LogP) is 2.44. The first-order valence-corrected chi connectivity index (χ1v) is 6.03. The van der Waals surface area contributed by atoms with Gasteiger partial charge in [0.25, 0.3) is 5.91 Å². The smallest absolute Gasteiger partial charge is 0.258 e. The van der Waals surface area contributed by atoms with Crippen LogP contribution in [0.4, 0.5) is 5.69 Å². The number of hydrogen-bond acceptors (Lipinski definition) is 3. The molecule has 1 aromatic heterocycles. The number of methoxy groups -OCH3 is 1. The van der Waals surface area contributed by atoms with Crippen LogP contribution < -0.4 is 10.1 Å². The van der Waals surface area contributed by atoms with Crippen LogP contribution >= 0.6 is 15.9 Å². The molecule has 2 aromatic rings. The van der Waals surface area contributed by atoms with Crippen molar-refractivity contribution < 1.29 is 9.53 Å². The molecule has 0 saturated carbocycles. The van der Waals surface area contributed by atoms with E-state index in [1.54, 1.807) is 37.2 Å². The molecule has 0 bridgehead atoms. The van der Waals surface area contributed by atoms with Crippen molar-refractivity contribution >= 4 is 27.5 Å². The molecule has 94 valence electrons. The molecule has 18 heavy (non-hydrogen) atoms. The van der Waals surface area contributed by atoms with Gasteiger partial charge in [0.15, 0.2) is 0 Å². The zero-order valence-corrected chi connectivity index (χ0v) is 11.6. The minimum absolute atomic E-state index is 0.223. The summed E-state index contributed by atoms with van der Waals surface area (Å²) in [7, 11) is 3.32. The van der Waals surface area contributed by atoms with Gasteiger partial charge in [-0.1, -0.05) is 15.9 Å². The number of anilines is 1. The summed E-state index contributed by atoms with van der Waals surface area (Å²) in [6.45, 7) is 0. The van der Waals surface area contributed by atoms with Crippen LogP contribution in [0, 0.1) is 0 Å². The molecule has 1 heterocycles. The highest BCUT2D eigenvalue weighted by atomic mass is 79.9. The second-order valence-corrected chi connectivity index (χ2v) is 4.62. The van der Waals surface area contributed by atoms with Crippen LogP contribution in [0.1, 0.15) is 10.4 Å². The Labute approximate surface area is 113 Å². The van der Waals surface area contributed by atoms with Crippen LogP contribution in [0.25, 0.3) is 0 Å². The lowest BCUT2D eigenvalue weighted by molar-refractivity contribution is 0.102. The van der Waals surface area contributed by atoms with Gasteiger partial charge in [0, 0.05) is 17.7 Å². The molecule has 1 amide bonds. The molecule has 0 aliphatic heterocycles. The van der Waals surface area contributed by atoms with E-state index in [9.17, 15) is 4.79 Å². The van der Waals surface area contributed by atoms with Crippen LogP contribution in [-0.4, -0.2) is 22.8 Å². The molecule has 0 saturated heterocycles. The molecule has 0 aliphatic carbocycles. The highest BCUT2D eigenvalue weighted by molar-refractivity contribution is 9.10. The average molecular weight is 310 g/mol. The third kappa shape index (κ3) is 2.70. The van der Waals surface area contributed by atoms with E-state index in [0.29, 0.717) is 17.0 Å². The third-order valence-corrected chi connectivity index (χ3v) is 2.87. The number of ether oxygens (including phenoxy) is 1. The van der Waals surface area contributed by atoms with Gasteiger partial charge in [-0.2, -0.15) is 5.10 Å². The molecular formula is C12H12BrN3O2. The van der Waals surface area contributed by atoms with E-state index >= 15 is 0 Å². The van der Waals surface area contributed by atoms with Crippen LogP contribution in [0.5, 0.6) is 5.75 Å². The Morgan fingerprint density at radius 2 is 2.28 bits per heavy atom. The highest BCUT2D eigenvalue weighted by Gasteiger charge is 2.11. The second-order valence-electron chi connectivity index (χ2n) is 3.70. The number of nitrogens with one attached hydrogen (secondary N) is 1. The topological polar surface area (TPSA) is 56.1 Å². The zero-order chi connectivity index (χ0) is 13.1. The van der Waals surface area contributed by atoms with Crippen molar-refractivity contribution in [1.82, 2.24) is 9.78 Å². The summed E-state index contributed by atoms with van der Waals surface area (Å²) in [6.07, 6.45) is 3.17. The molecule has 0 atom stereocenters. The molecule has 6 heteroatoms. The fourth-order valence-corrected chi connectivity index (χ4v) is 1.87. The summed E-state index contributed by atoms with van der Waals surface area (Å²) in [4.78, 5) is 12.0. The molecule has 0 fully saturated rings. The summed E-state index contributed by atoms with van der Waals surface area (Å²) in [5, 5.41) is 6.74. The van der Waals surface area contributed by atoms with E-state index < -0.39 is 0 Å². The largest absolute Gasteiger partial charge is 0.495 e. The first kappa shape index (κ1) is 12.6. The summed E-state index contributed by atoms with van der Waals surface area (Å²) < 4.78 is 7.63. The number of halogens is 1. The van der Waals surface area contributed by atoms with E-state index in [1.807, 2.05) is 6.07 Å². The maximum atomic E-state index is 12.0. The SMILES string of the molecule is COc1ccc(Br)cc1NC(=O)c1cnn(C)c1. The van der Waals surface area contributed by atoms with Gasteiger partial charge in [-0.15, -0.1) is 0 Å². The summed E-state index contributed by atoms with van der Waals surface area (Å²) in [6, 6.07) is 5.41. The van der Waals surface area contributed by atoms with Crippen LogP contribution in [0.15, 0.2) is 35.1 Å². The van der Waals surface area contributed by atoms with Gasteiger partial charge in [0.2, 0.25) is 0 Å². The maximum absolute atomic E-state index is 12.0. The van der Waals surface area contributed by atoms with Gasteiger partial charge >= 0.3 is 0 Å². The normalized spacial score (nSPS) is 10.2. The van der Waals surface area contributed by atoms with Crippen molar-refractivity contribution in [1.29, 1.82) is 0 Å². The lowest BCUT2D eigenvalue weighted by Crippen LogP contribution is -2.12. The molecule has 0 radical (unpaired) electrons. The summed E-state index contributed by atoms with van der Waals surface area (Å²) in [5.74, 6) is 0.384. The molecule has 5 nitrogen and oxygen atoms in total. The minimum atomic E-state index is -0.223. The van der Waals surface area contributed by atoms with Crippen LogP contribution in [0.2, 0.25) is 0 Å². The number of benzene rings is 1. The van der Waals surface area contributed by atoms with E-state index in [1.165, 1.54) is 6.20 Å². The van der Waals surface area contributed by atoms with Gasteiger partial charge in [-0.3, -0.25) is 9.48 Å². The quantitative estimate of drug-likeness (QED) is 0.947. The zero-order valence-electron chi connectivity index (χ0n) is 9.98. The predicted molar refractivity (Wildman–Crippen MR) is 71.9 cm³/mol. The lowest BCUT2D eigenvalue weighted by Gasteiger charge is -2.09. The Morgan fingerprint density at radius 1 is 1.50 bits per heavy atom. The standard InChI is InChI=1S/C12H12BrN3O2/c1-16-7-8(6-14-16)12(17)15-10-5-9(13)3-4-11(10)18-2/h3-7H,1-2H3,(H,15,17). The molecule has 0 unspecified atom stereocenters. The molecule has 1 aromatic carbocycles. The number of nitrogens with zero attached hydrogens (tertiary/aromatic N) is 2. The van der Waals surface area contributed by atoms with Crippen molar-refractivity contribution in [2.24, 2.45) is 7.05 Å². The van der Waals surface area contributed by atoms with E-state index in [0.717, 1.165) is 4.47 Å². The van der Waals surface area contributed by atoms with Crippen molar-refractivity contribution in [2.45, 2.75) is 0 Å². The van der Waals surface area contributed by atoms with Crippen molar-refractivity contribution in [3.05, 3.63) is 40.6 Å². The number of carbonyl (C=O) groups is 1. The second kappa shape index (κ2) is 5.22. The Balaban J connectivity index is 2.23. The number of hydrogen-bond donors (Lipinski definition) is 1. The van der Waals surface area contributed by atoms with Gasteiger partial charge in [-0.05, 0) is 18.2 Å². The van der Waals surface area contributed by atoms with E-state index in [2.05, 4.69) is 26.3 Å². The Hall–Kier alpha value is -1.82.